The van der Waals surface area contributed by atoms with E-state index < -0.39 is 0 Å². The van der Waals surface area contributed by atoms with E-state index in [1.165, 1.54) is 17.8 Å². The van der Waals surface area contributed by atoms with Gasteiger partial charge in [-0.25, -0.2) is 0 Å². The molecule has 0 spiro atoms. The average molecular weight is 266 g/mol. The van der Waals surface area contributed by atoms with Crippen LogP contribution in [0.3, 0.4) is 0 Å². The SMILES string of the molecule is CCC1CN(c2ccccc2)CCN1c1ccccc1. The highest BCUT2D eigenvalue weighted by molar-refractivity contribution is 5.52. The van der Waals surface area contributed by atoms with Gasteiger partial charge in [0.15, 0.2) is 0 Å². The second-order valence-corrected chi connectivity index (χ2v) is 5.37. The van der Waals surface area contributed by atoms with Gasteiger partial charge in [-0.15, -0.1) is 0 Å². The third-order valence-corrected chi connectivity index (χ3v) is 4.16. The van der Waals surface area contributed by atoms with Crippen molar-refractivity contribution in [3.8, 4) is 0 Å². The standard InChI is InChI=1S/C18H22N2/c1-2-16-15-19(17-9-5-3-6-10-17)13-14-20(16)18-11-7-4-8-12-18/h3-12,16H,2,13-15H2,1H3. The van der Waals surface area contributed by atoms with Gasteiger partial charge in [0.1, 0.15) is 0 Å². The number of benzene rings is 2. The van der Waals surface area contributed by atoms with Crippen molar-refractivity contribution in [3.05, 3.63) is 60.7 Å². The molecular weight excluding hydrogens is 244 g/mol. The second kappa shape index (κ2) is 6.00. The number of nitrogens with zero attached hydrogens (tertiary/aromatic N) is 2. The van der Waals surface area contributed by atoms with E-state index in [2.05, 4.69) is 77.4 Å². The summed E-state index contributed by atoms with van der Waals surface area (Å²) in [5, 5.41) is 0. The zero-order chi connectivity index (χ0) is 13.8. The molecule has 1 aliphatic rings. The summed E-state index contributed by atoms with van der Waals surface area (Å²) in [7, 11) is 0. The summed E-state index contributed by atoms with van der Waals surface area (Å²) in [5.74, 6) is 0. The smallest absolute Gasteiger partial charge is 0.0463 e. The molecule has 1 fully saturated rings. The number of anilines is 2. The molecule has 0 N–H and O–H groups in total. The van der Waals surface area contributed by atoms with Crippen LogP contribution in [0, 0.1) is 0 Å². The van der Waals surface area contributed by atoms with Crippen LogP contribution in [-0.2, 0) is 0 Å². The van der Waals surface area contributed by atoms with Crippen LogP contribution in [0.15, 0.2) is 60.7 Å². The van der Waals surface area contributed by atoms with Crippen LogP contribution in [0.25, 0.3) is 0 Å². The van der Waals surface area contributed by atoms with Crippen LogP contribution >= 0.6 is 0 Å². The zero-order valence-corrected chi connectivity index (χ0v) is 12.1. The molecule has 0 radical (unpaired) electrons. The highest BCUT2D eigenvalue weighted by atomic mass is 15.3. The van der Waals surface area contributed by atoms with Gasteiger partial charge in [0.2, 0.25) is 0 Å². The maximum absolute atomic E-state index is 2.55. The minimum absolute atomic E-state index is 0.589. The molecule has 1 saturated heterocycles. The summed E-state index contributed by atoms with van der Waals surface area (Å²) in [6.45, 7) is 5.58. The summed E-state index contributed by atoms with van der Waals surface area (Å²) in [5.41, 5.74) is 2.70. The number of para-hydroxylation sites is 2. The van der Waals surface area contributed by atoms with Crippen molar-refractivity contribution in [2.75, 3.05) is 29.4 Å². The first-order valence-corrected chi connectivity index (χ1v) is 7.50. The molecule has 2 nitrogen and oxygen atoms in total. The fourth-order valence-electron chi connectivity index (χ4n) is 3.04. The minimum atomic E-state index is 0.589. The Morgan fingerprint density at radius 3 is 2.05 bits per heavy atom. The van der Waals surface area contributed by atoms with E-state index >= 15 is 0 Å². The van der Waals surface area contributed by atoms with E-state index in [9.17, 15) is 0 Å². The molecule has 3 rings (SSSR count). The lowest BCUT2D eigenvalue weighted by Crippen LogP contribution is -2.53. The molecule has 2 aromatic rings. The van der Waals surface area contributed by atoms with Crippen molar-refractivity contribution >= 4 is 11.4 Å². The second-order valence-electron chi connectivity index (χ2n) is 5.37. The van der Waals surface area contributed by atoms with E-state index in [-0.39, 0.29) is 0 Å². The average Bonchev–Trinajstić information content (AvgIpc) is 2.56. The molecule has 1 heterocycles. The molecule has 2 aromatic carbocycles. The fourth-order valence-corrected chi connectivity index (χ4v) is 3.04. The number of piperazine rings is 1. The fraction of sp³-hybridized carbons (Fsp3) is 0.333. The summed E-state index contributed by atoms with van der Waals surface area (Å²) in [6.07, 6.45) is 1.18. The molecule has 0 aliphatic carbocycles. The van der Waals surface area contributed by atoms with Crippen molar-refractivity contribution in [3.63, 3.8) is 0 Å². The first-order valence-electron chi connectivity index (χ1n) is 7.50. The van der Waals surface area contributed by atoms with Crippen LogP contribution in [0.1, 0.15) is 13.3 Å². The number of hydrogen-bond acceptors (Lipinski definition) is 2. The maximum atomic E-state index is 2.55. The molecule has 0 amide bonds. The maximum Gasteiger partial charge on any atom is 0.0463 e. The highest BCUT2D eigenvalue weighted by Gasteiger charge is 2.25. The first-order chi connectivity index (χ1) is 9.88. The van der Waals surface area contributed by atoms with Gasteiger partial charge < -0.3 is 9.80 Å². The lowest BCUT2D eigenvalue weighted by Gasteiger charge is -2.43. The van der Waals surface area contributed by atoms with E-state index in [0.29, 0.717) is 6.04 Å². The monoisotopic (exact) mass is 266 g/mol. The molecule has 1 aliphatic heterocycles. The molecule has 2 heteroatoms. The quantitative estimate of drug-likeness (QED) is 0.834. The van der Waals surface area contributed by atoms with Crippen molar-refractivity contribution in [2.24, 2.45) is 0 Å². The van der Waals surface area contributed by atoms with Gasteiger partial charge in [0, 0.05) is 37.1 Å². The summed E-state index contributed by atoms with van der Waals surface area (Å²) >= 11 is 0. The van der Waals surface area contributed by atoms with Gasteiger partial charge in [-0.3, -0.25) is 0 Å². The normalized spacial score (nSPS) is 19.1. The Kier molecular flexibility index (Phi) is 3.91. The van der Waals surface area contributed by atoms with Crippen molar-refractivity contribution in [1.82, 2.24) is 0 Å². The third kappa shape index (κ3) is 2.64. The molecule has 1 atom stereocenters. The molecule has 0 bridgehead atoms. The Balaban J connectivity index is 1.76. The Labute approximate surface area is 121 Å². The van der Waals surface area contributed by atoms with Crippen LogP contribution in [0.2, 0.25) is 0 Å². The Morgan fingerprint density at radius 1 is 0.850 bits per heavy atom. The van der Waals surface area contributed by atoms with Crippen LogP contribution in [-0.4, -0.2) is 25.7 Å². The van der Waals surface area contributed by atoms with Crippen molar-refractivity contribution < 1.29 is 0 Å². The molecule has 1 unspecified atom stereocenters. The topological polar surface area (TPSA) is 6.48 Å². The van der Waals surface area contributed by atoms with Gasteiger partial charge in [-0.2, -0.15) is 0 Å². The lowest BCUT2D eigenvalue weighted by molar-refractivity contribution is 0.509. The van der Waals surface area contributed by atoms with Crippen molar-refractivity contribution in [1.29, 1.82) is 0 Å². The molecule has 20 heavy (non-hydrogen) atoms. The first kappa shape index (κ1) is 13.0. The Bertz CT molecular complexity index is 524. The van der Waals surface area contributed by atoms with Crippen LogP contribution < -0.4 is 9.80 Å². The predicted molar refractivity (Wildman–Crippen MR) is 86.5 cm³/mol. The Morgan fingerprint density at radius 2 is 1.45 bits per heavy atom. The number of hydrogen-bond donors (Lipinski definition) is 0. The van der Waals surface area contributed by atoms with Crippen molar-refractivity contribution in [2.45, 2.75) is 19.4 Å². The van der Waals surface area contributed by atoms with Gasteiger partial charge in [-0.1, -0.05) is 43.3 Å². The van der Waals surface area contributed by atoms with E-state index in [1.807, 2.05) is 0 Å². The van der Waals surface area contributed by atoms with Crippen LogP contribution in [0.4, 0.5) is 11.4 Å². The molecule has 104 valence electrons. The van der Waals surface area contributed by atoms with E-state index in [1.54, 1.807) is 0 Å². The highest BCUT2D eigenvalue weighted by Crippen LogP contribution is 2.25. The van der Waals surface area contributed by atoms with E-state index in [4.69, 9.17) is 0 Å². The largest absolute Gasteiger partial charge is 0.368 e. The van der Waals surface area contributed by atoms with Gasteiger partial charge in [-0.05, 0) is 30.7 Å². The Hall–Kier alpha value is -1.96. The molecule has 0 aromatic heterocycles. The van der Waals surface area contributed by atoms with Gasteiger partial charge in [0.25, 0.3) is 0 Å². The summed E-state index contributed by atoms with van der Waals surface area (Å²) in [4.78, 5) is 5.06. The van der Waals surface area contributed by atoms with Crippen LogP contribution in [0.5, 0.6) is 0 Å². The molecule has 0 saturated carbocycles. The molecular formula is C18H22N2. The summed E-state index contributed by atoms with van der Waals surface area (Å²) in [6, 6.07) is 22.1. The zero-order valence-electron chi connectivity index (χ0n) is 12.1. The van der Waals surface area contributed by atoms with Gasteiger partial charge >= 0.3 is 0 Å². The van der Waals surface area contributed by atoms with Gasteiger partial charge in [0.05, 0.1) is 0 Å². The minimum Gasteiger partial charge on any atom is -0.368 e. The predicted octanol–water partition coefficient (Wildman–Crippen LogP) is 3.79. The lowest BCUT2D eigenvalue weighted by atomic mass is 10.1. The third-order valence-electron chi connectivity index (χ3n) is 4.16. The van der Waals surface area contributed by atoms with E-state index in [0.717, 1.165) is 19.6 Å². The number of rotatable bonds is 3. The summed E-state index contributed by atoms with van der Waals surface area (Å²) < 4.78 is 0.